The number of benzene rings is 2. The summed E-state index contributed by atoms with van der Waals surface area (Å²) in [4.78, 5) is 0. The summed E-state index contributed by atoms with van der Waals surface area (Å²) in [5.74, 6) is 1.45. The first-order valence-corrected chi connectivity index (χ1v) is 10.8. The molecule has 30 heavy (non-hydrogen) atoms. The van der Waals surface area contributed by atoms with Crippen LogP contribution in [0.15, 0.2) is 46.9 Å². The van der Waals surface area contributed by atoms with Gasteiger partial charge in [0.2, 0.25) is 0 Å². The molecule has 3 aromatic rings. The molecule has 1 aromatic heterocycles. The number of ether oxygens (including phenoxy) is 2. The molecular formula is C24H22BrN3O2. The van der Waals surface area contributed by atoms with Crippen molar-refractivity contribution in [3.05, 3.63) is 63.6 Å². The number of aromatic nitrogens is 1. The van der Waals surface area contributed by atoms with Gasteiger partial charge in [-0.1, -0.05) is 28.1 Å². The van der Waals surface area contributed by atoms with Crippen LogP contribution in [0.25, 0.3) is 22.4 Å². The first kappa shape index (κ1) is 20.2. The second kappa shape index (κ2) is 8.37. The van der Waals surface area contributed by atoms with Gasteiger partial charge < -0.3 is 14.0 Å². The highest BCUT2D eigenvalue weighted by Gasteiger charge is 2.23. The quantitative estimate of drug-likeness (QED) is 0.558. The van der Waals surface area contributed by atoms with E-state index in [4.69, 9.17) is 14.9 Å². The highest BCUT2D eigenvalue weighted by molar-refractivity contribution is 9.10. The number of aryl methyl sites for hydroxylation is 1. The Hall–Kier alpha value is -3.04. The Labute approximate surface area is 184 Å². The van der Waals surface area contributed by atoms with Gasteiger partial charge in [-0.05, 0) is 61.7 Å². The minimum Gasteiger partial charge on any atom is -0.490 e. The van der Waals surface area contributed by atoms with E-state index in [0.717, 1.165) is 44.6 Å². The number of fused-ring (bicyclic) bond motifs is 3. The fourth-order valence-electron chi connectivity index (χ4n) is 3.91. The Bertz CT molecular complexity index is 1210. The molecule has 0 amide bonds. The molecule has 0 bridgehead atoms. The lowest BCUT2D eigenvalue weighted by molar-refractivity contribution is 0.287. The van der Waals surface area contributed by atoms with E-state index in [9.17, 15) is 5.26 Å². The second-order valence-electron chi connectivity index (χ2n) is 7.01. The zero-order valence-corrected chi connectivity index (χ0v) is 18.5. The Kier molecular flexibility index (Phi) is 5.65. The Morgan fingerprint density at radius 3 is 2.33 bits per heavy atom. The molecule has 1 N–H and O–H groups in total. The van der Waals surface area contributed by atoms with Crippen molar-refractivity contribution in [3.8, 4) is 40.0 Å². The molecule has 2 aromatic carbocycles. The van der Waals surface area contributed by atoms with Crippen LogP contribution in [-0.4, -0.2) is 17.8 Å². The fourth-order valence-corrected chi connectivity index (χ4v) is 4.18. The molecule has 0 unspecified atom stereocenters. The van der Waals surface area contributed by atoms with Crippen LogP contribution in [0.2, 0.25) is 0 Å². The van der Waals surface area contributed by atoms with E-state index < -0.39 is 0 Å². The molecule has 0 fully saturated rings. The molecule has 0 spiro atoms. The standard InChI is InChI=1S/C24H22BrN3O2/c1-3-29-22-11-16-9-10-28-21(19(16)13-23(22)30-4-2)12-18(20(14-26)24(28)27)15-5-7-17(25)8-6-15/h5-8,11-13,27H,3-4,9-10H2,1-2H3. The Morgan fingerprint density at radius 2 is 1.70 bits per heavy atom. The number of halogens is 1. The summed E-state index contributed by atoms with van der Waals surface area (Å²) in [7, 11) is 0. The molecule has 5 nitrogen and oxygen atoms in total. The van der Waals surface area contributed by atoms with Gasteiger partial charge in [0, 0.05) is 22.1 Å². The van der Waals surface area contributed by atoms with Gasteiger partial charge in [0.1, 0.15) is 17.1 Å². The highest BCUT2D eigenvalue weighted by Crippen LogP contribution is 2.39. The van der Waals surface area contributed by atoms with Crippen LogP contribution in [0, 0.1) is 16.7 Å². The topological polar surface area (TPSA) is 71.0 Å². The predicted octanol–water partition coefficient (Wildman–Crippen LogP) is 5.29. The van der Waals surface area contributed by atoms with Gasteiger partial charge in [0.15, 0.2) is 11.5 Å². The Balaban J connectivity index is 1.96. The monoisotopic (exact) mass is 463 g/mol. The third kappa shape index (κ3) is 3.50. The number of nitriles is 1. The van der Waals surface area contributed by atoms with Crippen LogP contribution in [0.5, 0.6) is 11.5 Å². The molecule has 1 aliphatic rings. The average Bonchev–Trinajstić information content (AvgIpc) is 2.75. The zero-order chi connectivity index (χ0) is 21.3. The zero-order valence-electron chi connectivity index (χ0n) is 17.0. The normalized spacial score (nSPS) is 11.9. The van der Waals surface area contributed by atoms with Crippen LogP contribution < -0.4 is 15.0 Å². The third-order valence-corrected chi connectivity index (χ3v) is 5.79. The molecule has 0 saturated heterocycles. The minimum atomic E-state index is 0.241. The maximum atomic E-state index is 9.79. The summed E-state index contributed by atoms with van der Waals surface area (Å²) in [5, 5.41) is 18.5. The van der Waals surface area contributed by atoms with E-state index in [1.165, 1.54) is 0 Å². The van der Waals surface area contributed by atoms with E-state index in [-0.39, 0.29) is 5.49 Å². The molecule has 2 heterocycles. The number of nitrogens with one attached hydrogen (secondary N) is 1. The maximum Gasteiger partial charge on any atom is 0.161 e. The van der Waals surface area contributed by atoms with Crippen molar-refractivity contribution >= 4 is 15.9 Å². The number of rotatable bonds is 5. The van der Waals surface area contributed by atoms with E-state index in [0.29, 0.717) is 31.1 Å². The molecule has 1 aliphatic heterocycles. The fraction of sp³-hybridized carbons (Fsp3) is 0.250. The van der Waals surface area contributed by atoms with Crippen LogP contribution in [0.4, 0.5) is 0 Å². The summed E-state index contributed by atoms with van der Waals surface area (Å²) in [6.45, 7) is 5.67. The number of hydrogen-bond donors (Lipinski definition) is 1. The molecule has 152 valence electrons. The predicted molar refractivity (Wildman–Crippen MR) is 120 cm³/mol. The molecule has 0 saturated carbocycles. The van der Waals surface area contributed by atoms with Gasteiger partial charge in [0.25, 0.3) is 0 Å². The average molecular weight is 464 g/mol. The van der Waals surface area contributed by atoms with Gasteiger partial charge in [-0.3, -0.25) is 5.41 Å². The molecule has 0 aliphatic carbocycles. The lowest BCUT2D eigenvalue weighted by Gasteiger charge is -2.26. The molecule has 6 heteroatoms. The van der Waals surface area contributed by atoms with Gasteiger partial charge in [-0.25, -0.2) is 0 Å². The molecule has 0 atom stereocenters. The second-order valence-corrected chi connectivity index (χ2v) is 7.92. The van der Waals surface area contributed by atoms with Crippen LogP contribution >= 0.6 is 15.9 Å². The summed E-state index contributed by atoms with van der Waals surface area (Å²) in [5.41, 5.74) is 5.40. The van der Waals surface area contributed by atoms with Gasteiger partial charge in [0.05, 0.1) is 18.9 Å². The summed E-state index contributed by atoms with van der Waals surface area (Å²) >= 11 is 3.46. The number of hydrogen-bond acceptors (Lipinski definition) is 4. The van der Waals surface area contributed by atoms with Crippen molar-refractivity contribution in [2.24, 2.45) is 0 Å². The first-order valence-electron chi connectivity index (χ1n) is 9.98. The van der Waals surface area contributed by atoms with Crippen LogP contribution in [0.1, 0.15) is 25.0 Å². The van der Waals surface area contributed by atoms with Crippen molar-refractivity contribution in [2.45, 2.75) is 26.8 Å². The van der Waals surface area contributed by atoms with Gasteiger partial charge in [-0.2, -0.15) is 5.26 Å². The lowest BCUT2D eigenvalue weighted by Crippen LogP contribution is -2.28. The molecular weight excluding hydrogens is 442 g/mol. The Morgan fingerprint density at radius 1 is 1.03 bits per heavy atom. The van der Waals surface area contributed by atoms with Gasteiger partial charge >= 0.3 is 0 Å². The first-order chi connectivity index (χ1) is 14.6. The largest absolute Gasteiger partial charge is 0.490 e. The summed E-state index contributed by atoms with van der Waals surface area (Å²) < 4.78 is 14.5. The third-order valence-electron chi connectivity index (χ3n) is 5.26. The van der Waals surface area contributed by atoms with E-state index in [1.807, 2.05) is 54.8 Å². The van der Waals surface area contributed by atoms with Crippen molar-refractivity contribution in [1.29, 1.82) is 10.7 Å². The maximum absolute atomic E-state index is 9.79. The van der Waals surface area contributed by atoms with Crippen molar-refractivity contribution in [3.63, 3.8) is 0 Å². The molecule has 4 rings (SSSR count). The minimum absolute atomic E-state index is 0.241. The number of nitrogens with zero attached hydrogens (tertiary/aromatic N) is 2. The van der Waals surface area contributed by atoms with Crippen molar-refractivity contribution in [1.82, 2.24) is 4.57 Å². The van der Waals surface area contributed by atoms with E-state index in [2.05, 4.69) is 28.1 Å². The highest BCUT2D eigenvalue weighted by atomic mass is 79.9. The van der Waals surface area contributed by atoms with E-state index in [1.54, 1.807) is 0 Å². The summed E-state index contributed by atoms with van der Waals surface area (Å²) in [6.07, 6.45) is 0.772. The van der Waals surface area contributed by atoms with Crippen molar-refractivity contribution < 1.29 is 9.47 Å². The summed E-state index contributed by atoms with van der Waals surface area (Å²) in [6, 6.07) is 16.1. The van der Waals surface area contributed by atoms with Crippen molar-refractivity contribution in [2.75, 3.05) is 13.2 Å². The van der Waals surface area contributed by atoms with Gasteiger partial charge in [-0.15, -0.1) is 0 Å². The smallest absolute Gasteiger partial charge is 0.161 e. The lowest BCUT2D eigenvalue weighted by atomic mass is 9.92. The van der Waals surface area contributed by atoms with Crippen LogP contribution in [0.3, 0.4) is 0 Å². The van der Waals surface area contributed by atoms with E-state index >= 15 is 0 Å². The number of pyridine rings is 1. The molecule has 0 radical (unpaired) electrons. The SMILES string of the molecule is CCOc1cc2c(cc1OCC)-c1cc(-c3ccc(Br)cc3)c(C#N)c(=N)n1CC2. The van der Waals surface area contributed by atoms with Crippen LogP contribution in [-0.2, 0) is 13.0 Å².